The summed E-state index contributed by atoms with van der Waals surface area (Å²) in [5, 5.41) is 7.61. The topological polar surface area (TPSA) is 52.0 Å². The van der Waals surface area contributed by atoms with Crippen molar-refractivity contribution in [3.8, 4) is 5.75 Å². The van der Waals surface area contributed by atoms with Gasteiger partial charge in [-0.3, -0.25) is 9.67 Å². The van der Waals surface area contributed by atoms with Crippen molar-refractivity contribution in [2.45, 2.75) is 46.4 Å². The molecule has 0 saturated carbocycles. The van der Waals surface area contributed by atoms with Gasteiger partial charge in [0.1, 0.15) is 6.61 Å². The molecule has 0 spiro atoms. The highest BCUT2D eigenvalue weighted by Crippen LogP contribution is 2.13. The summed E-state index contributed by atoms with van der Waals surface area (Å²) in [7, 11) is 0. The Kier molecular flexibility index (Phi) is 5.75. The van der Waals surface area contributed by atoms with Crippen molar-refractivity contribution in [1.29, 1.82) is 0 Å². The molecule has 0 bridgehead atoms. The Morgan fingerprint density at radius 3 is 2.76 bits per heavy atom. The minimum atomic E-state index is 0.343. The van der Waals surface area contributed by atoms with Crippen LogP contribution in [0, 0.1) is 0 Å². The first-order valence-electron chi connectivity index (χ1n) is 7.50. The highest BCUT2D eigenvalue weighted by molar-refractivity contribution is 5.16. The van der Waals surface area contributed by atoms with E-state index in [1.165, 1.54) is 5.56 Å². The third-order valence-electron chi connectivity index (χ3n) is 3.14. The summed E-state index contributed by atoms with van der Waals surface area (Å²) in [6.45, 7) is 8.70. The van der Waals surface area contributed by atoms with Gasteiger partial charge in [-0.15, -0.1) is 0 Å². The van der Waals surface area contributed by atoms with E-state index in [2.05, 4.69) is 42.2 Å². The van der Waals surface area contributed by atoms with Gasteiger partial charge in [0, 0.05) is 18.8 Å². The molecule has 0 atom stereocenters. The van der Waals surface area contributed by atoms with Crippen LogP contribution in [0.4, 0.5) is 0 Å². The largest absolute Gasteiger partial charge is 0.484 e. The number of aromatic nitrogens is 3. The van der Waals surface area contributed by atoms with Gasteiger partial charge in [0.15, 0.2) is 5.75 Å². The van der Waals surface area contributed by atoms with Gasteiger partial charge < -0.3 is 10.1 Å². The lowest BCUT2D eigenvalue weighted by Gasteiger charge is -2.06. The van der Waals surface area contributed by atoms with E-state index in [1.54, 1.807) is 6.20 Å². The molecular formula is C16H24N4O. The lowest BCUT2D eigenvalue weighted by Crippen LogP contribution is -2.14. The van der Waals surface area contributed by atoms with Gasteiger partial charge in [0.25, 0.3) is 0 Å². The molecule has 0 aromatic carbocycles. The van der Waals surface area contributed by atoms with Crippen LogP contribution in [-0.2, 0) is 13.2 Å². The van der Waals surface area contributed by atoms with E-state index < -0.39 is 0 Å². The maximum atomic E-state index is 5.70. The highest BCUT2D eigenvalue weighted by Gasteiger charge is 2.03. The summed E-state index contributed by atoms with van der Waals surface area (Å²) in [5.41, 5.74) is 2.12. The van der Waals surface area contributed by atoms with E-state index in [4.69, 9.17) is 4.74 Å². The number of nitrogens with zero attached hydrogens (tertiary/aromatic N) is 3. The Hall–Kier alpha value is -1.88. The number of ether oxygens (including phenoxy) is 1. The van der Waals surface area contributed by atoms with E-state index in [1.807, 2.05) is 23.1 Å². The molecule has 21 heavy (non-hydrogen) atoms. The van der Waals surface area contributed by atoms with Crippen molar-refractivity contribution >= 4 is 0 Å². The first kappa shape index (κ1) is 15.5. The van der Waals surface area contributed by atoms with Crippen LogP contribution in [0.2, 0.25) is 0 Å². The fourth-order valence-electron chi connectivity index (χ4n) is 1.89. The van der Waals surface area contributed by atoms with Gasteiger partial charge in [0.2, 0.25) is 0 Å². The maximum absolute atomic E-state index is 5.70. The molecule has 0 aliphatic carbocycles. The summed E-state index contributed by atoms with van der Waals surface area (Å²) in [4.78, 5) is 4.42. The minimum absolute atomic E-state index is 0.343. The Morgan fingerprint density at radius 1 is 1.29 bits per heavy atom. The number of hydrogen-bond donors (Lipinski definition) is 1. The Bertz CT molecular complexity index is 533. The molecule has 2 rings (SSSR count). The van der Waals surface area contributed by atoms with E-state index in [-0.39, 0.29) is 0 Å². The summed E-state index contributed by atoms with van der Waals surface area (Å²) < 4.78 is 7.58. The standard InChI is InChI=1S/C16H24N4O/c1-4-7-17-8-14-5-6-15(18-9-14)12-21-16-10-19-20(11-16)13(2)3/h5-6,9-11,13,17H,4,7-8,12H2,1-3H3. The van der Waals surface area contributed by atoms with E-state index >= 15 is 0 Å². The van der Waals surface area contributed by atoms with Crippen molar-refractivity contribution in [1.82, 2.24) is 20.1 Å². The molecule has 5 heteroatoms. The Morgan fingerprint density at radius 2 is 2.14 bits per heavy atom. The van der Waals surface area contributed by atoms with Crippen molar-refractivity contribution in [3.05, 3.63) is 42.0 Å². The number of hydrogen-bond acceptors (Lipinski definition) is 4. The molecule has 2 aromatic rings. The molecule has 2 heterocycles. The van der Waals surface area contributed by atoms with Crippen LogP contribution in [-0.4, -0.2) is 21.3 Å². The van der Waals surface area contributed by atoms with Crippen LogP contribution in [0.25, 0.3) is 0 Å². The predicted molar refractivity (Wildman–Crippen MR) is 83.2 cm³/mol. The zero-order chi connectivity index (χ0) is 15.1. The molecule has 0 radical (unpaired) electrons. The van der Waals surface area contributed by atoms with Gasteiger partial charge in [-0.1, -0.05) is 13.0 Å². The highest BCUT2D eigenvalue weighted by atomic mass is 16.5. The minimum Gasteiger partial charge on any atom is -0.484 e. The summed E-state index contributed by atoms with van der Waals surface area (Å²) in [5.74, 6) is 0.777. The summed E-state index contributed by atoms with van der Waals surface area (Å²) in [6.07, 6.45) is 6.69. The molecular weight excluding hydrogens is 264 g/mol. The molecule has 0 aliphatic rings. The average molecular weight is 288 g/mol. The van der Waals surface area contributed by atoms with Crippen LogP contribution in [0.15, 0.2) is 30.7 Å². The molecule has 2 aromatic heterocycles. The molecule has 5 nitrogen and oxygen atoms in total. The lowest BCUT2D eigenvalue weighted by molar-refractivity contribution is 0.300. The van der Waals surface area contributed by atoms with Gasteiger partial charge in [-0.05, 0) is 38.4 Å². The zero-order valence-corrected chi connectivity index (χ0v) is 13.0. The van der Waals surface area contributed by atoms with Crippen LogP contribution in [0.3, 0.4) is 0 Å². The van der Waals surface area contributed by atoms with Gasteiger partial charge in [-0.2, -0.15) is 5.10 Å². The zero-order valence-electron chi connectivity index (χ0n) is 13.0. The monoisotopic (exact) mass is 288 g/mol. The molecule has 0 unspecified atom stereocenters. The Labute approximate surface area is 126 Å². The average Bonchev–Trinajstić information content (AvgIpc) is 2.96. The summed E-state index contributed by atoms with van der Waals surface area (Å²) >= 11 is 0. The van der Waals surface area contributed by atoms with Crippen molar-refractivity contribution in [3.63, 3.8) is 0 Å². The van der Waals surface area contributed by atoms with Gasteiger partial charge in [0.05, 0.1) is 18.1 Å². The Balaban J connectivity index is 1.82. The molecule has 114 valence electrons. The van der Waals surface area contributed by atoms with E-state index in [0.717, 1.165) is 31.0 Å². The molecule has 0 fully saturated rings. The van der Waals surface area contributed by atoms with Crippen molar-refractivity contribution < 1.29 is 4.74 Å². The van der Waals surface area contributed by atoms with E-state index in [9.17, 15) is 0 Å². The molecule has 0 aliphatic heterocycles. The predicted octanol–water partition coefficient (Wildman–Crippen LogP) is 2.94. The SMILES string of the molecule is CCCNCc1ccc(COc2cnn(C(C)C)c2)nc1. The lowest BCUT2D eigenvalue weighted by atomic mass is 10.2. The van der Waals surface area contributed by atoms with Gasteiger partial charge in [-0.25, -0.2) is 0 Å². The second kappa shape index (κ2) is 7.78. The van der Waals surface area contributed by atoms with Crippen molar-refractivity contribution in [2.24, 2.45) is 0 Å². The summed E-state index contributed by atoms with van der Waals surface area (Å²) in [6, 6.07) is 4.44. The number of pyridine rings is 1. The van der Waals surface area contributed by atoms with Crippen LogP contribution in [0.1, 0.15) is 44.5 Å². The van der Waals surface area contributed by atoms with E-state index in [0.29, 0.717) is 12.6 Å². The van der Waals surface area contributed by atoms with Gasteiger partial charge >= 0.3 is 0 Å². The third-order valence-corrected chi connectivity index (χ3v) is 3.14. The molecule has 0 saturated heterocycles. The smallest absolute Gasteiger partial charge is 0.157 e. The number of rotatable bonds is 8. The first-order valence-corrected chi connectivity index (χ1v) is 7.50. The molecule has 0 amide bonds. The fraction of sp³-hybridized carbons (Fsp3) is 0.500. The second-order valence-corrected chi connectivity index (χ2v) is 5.37. The van der Waals surface area contributed by atoms with Crippen LogP contribution < -0.4 is 10.1 Å². The maximum Gasteiger partial charge on any atom is 0.157 e. The normalized spacial score (nSPS) is 11.0. The first-order chi connectivity index (χ1) is 10.2. The third kappa shape index (κ3) is 4.86. The van der Waals surface area contributed by atoms with Crippen LogP contribution in [0.5, 0.6) is 5.75 Å². The molecule has 1 N–H and O–H groups in total. The van der Waals surface area contributed by atoms with Crippen LogP contribution >= 0.6 is 0 Å². The quantitative estimate of drug-likeness (QED) is 0.759. The number of nitrogens with one attached hydrogen (secondary N) is 1. The van der Waals surface area contributed by atoms with Crippen molar-refractivity contribution in [2.75, 3.05) is 6.54 Å². The fourth-order valence-corrected chi connectivity index (χ4v) is 1.89. The second-order valence-electron chi connectivity index (χ2n) is 5.37.